The van der Waals surface area contributed by atoms with Crippen molar-refractivity contribution in [3.63, 3.8) is 0 Å². The molecule has 0 aliphatic carbocycles. The van der Waals surface area contributed by atoms with Crippen molar-refractivity contribution in [3.05, 3.63) is 0 Å². The van der Waals surface area contributed by atoms with E-state index in [0.29, 0.717) is 0 Å². The van der Waals surface area contributed by atoms with Gasteiger partial charge in [-0.2, -0.15) is 0 Å². The topological polar surface area (TPSA) is 87.0 Å². The molecule has 0 spiro atoms. The van der Waals surface area contributed by atoms with Gasteiger partial charge in [0.05, 0.1) is 6.61 Å². The summed E-state index contributed by atoms with van der Waals surface area (Å²) >= 11 is 5.35. The first-order chi connectivity index (χ1) is 5.01. The standard InChI is InChI=1S/C5H7ClO5/c6-5(1-7)3(9)2(8)4(10)11-5/h2,4,7-8,10H,1H2/t2?,4?,5-/m1/s1. The molecule has 0 aromatic rings. The van der Waals surface area contributed by atoms with Gasteiger partial charge in [-0.05, 0) is 0 Å². The van der Waals surface area contributed by atoms with Crippen molar-refractivity contribution in [2.75, 3.05) is 6.61 Å². The van der Waals surface area contributed by atoms with Crippen molar-refractivity contribution in [1.29, 1.82) is 0 Å². The van der Waals surface area contributed by atoms with Gasteiger partial charge < -0.3 is 20.1 Å². The summed E-state index contributed by atoms with van der Waals surface area (Å²) < 4.78 is 4.39. The lowest BCUT2D eigenvalue weighted by atomic mass is 10.2. The first-order valence-corrected chi connectivity index (χ1v) is 3.27. The summed E-state index contributed by atoms with van der Waals surface area (Å²) in [6.07, 6.45) is -3.31. The zero-order valence-corrected chi connectivity index (χ0v) is 6.15. The minimum Gasteiger partial charge on any atom is -0.392 e. The maximum Gasteiger partial charge on any atom is 0.228 e. The van der Waals surface area contributed by atoms with E-state index in [1.165, 1.54) is 0 Å². The number of ether oxygens (including phenoxy) is 1. The lowest BCUT2D eigenvalue weighted by Gasteiger charge is -2.14. The second-order valence-corrected chi connectivity index (χ2v) is 2.81. The van der Waals surface area contributed by atoms with E-state index in [9.17, 15) is 4.79 Å². The van der Waals surface area contributed by atoms with Gasteiger partial charge in [0, 0.05) is 0 Å². The fourth-order valence-corrected chi connectivity index (χ4v) is 0.983. The number of carbonyl (C=O) groups is 1. The third-order valence-corrected chi connectivity index (χ3v) is 1.81. The molecule has 1 aliphatic heterocycles. The summed E-state index contributed by atoms with van der Waals surface area (Å²) in [5.41, 5.74) is 0. The van der Waals surface area contributed by atoms with Crippen LogP contribution in [0.2, 0.25) is 0 Å². The Morgan fingerprint density at radius 2 is 2.18 bits per heavy atom. The molecule has 5 nitrogen and oxygen atoms in total. The number of hydrogen-bond donors (Lipinski definition) is 3. The van der Waals surface area contributed by atoms with E-state index in [4.69, 9.17) is 26.9 Å². The minimum absolute atomic E-state index is 0.776. The van der Waals surface area contributed by atoms with Gasteiger partial charge in [-0.25, -0.2) is 0 Å². The predicted molar refractivity (Wildman–Crippen MR) is 33.8 cm³/mol. The number of alkyl halides is 1. The van der Waals surface area contributed by atoms with E-state index < -0.39 is 29.8 Å². The van der Waals surface area contributed by atoms with Crippen LogP contribution in [0.15, 0.2) is 0 Å². The number of carbonyl (C=O) groups excluding carboxylic acids is 1. The van der Waals surface area contributed by atoms with Gasteiger partial charge in [-0.1, -0.05) is 11.6 Å². The largest absolute Gasteiger partial charge is 0.392 e. The van der Waals surface area contributed by atoms with Gasteiger partial charge in [0.15, 0.2) is 12.4 Å². The Morgan fingerprint density at radius 3 is 2.36 bits per heavy atom. The number of rotatable bonds is 1. The molecule has 0 aromatic carbocycles. The van der Waals surface area contributed by atoms with Crippen LogP contribution in [-0.4, -0.2) is 45.2 Å². The molecular weight excluding hydrogens is 176 g/mol. The van der Waals surface area contributed by atoms with Crippen molar-refractivity contribution in [2.45, 2.75) is 17.5 Å². The van der Waals surface area contributed by atoms with Crippen LogP contribution < -0.4 is 0 Å². The zero-order valence-electron chi connectivity index (χ0n) is 5.40. The highest BCUT2D eigenvalue weighted by Gasteiger charge is 2.52. The third-order valence-electron chi connectivity index (χ3n) is 1.42. The number of hydrogen-bond acceptors (Lipinski definition) is 5. The monoisotopic (exact) mass is 182 g/mol. The Morgan fingerprint density at radius 1 is 1.64 bits per heavy atom. The van der Waals surface area contributed by atoms with Gasteiger partial charge in [0.2, 0.25) is 10.8 Å². The molecule has 11 heavy (non-hydrogen) atoms. The van der Waals surface area contributed by atoms with Crippen LogP contribution in [0.25, 0.3) is 0 Å². The first kappa shape index (κ1) is 8.89. The number of aliphatic hydroxyl groups is 3. The van der Waals surface area contributed by atoms with Gasteiger partial charge in [0.25, 0.3) is 0 Å². The van der Waals surface area contributed by atoms with Gasteiger partial charge in [0.1, 0.15) is 0 Å². The molecule has 3 atom stereocenters. The van der Waals surface area contributed by atoms with Crippen molar-refractivity contribution < 1.29 is 24.9 Å². The fraction of sp³-hybridized carbons (Fsp3) is 0.800. The van der Waals surface area contributed by atoms with Gasteiger partial charge in [-0.15, -0.1) is 0 Å². The van der Waals surface area contributed by atoms with Gasteiger partial charge >= 0.3 is 0 Å². The smallest absolute Gasteiger partial charge is 0.228 e. The molecule has 6 heteroatoms. The summed E-state index contributed by atoms with van der Waals surface area (Å²) in [5.74, 6) is -0.922. The molecule has 1 fully saturated rings. The molecule has 1 saturated heterocycles. The molecule has 2 unspecified atom stereocenters. The summed E-state index contributed by atoms with van der Waals surface area (Å²) in [6.45, 7) is -0.776. The van der Waals surface area contributed by atoms with Crippen molar-refractivity contribution in [2.24, 2.45) is 0 Å². The Bertz CT molecular complexity index is 184. The molecule has 0 saturated carbocycles. The van der Waals surface area contributed by atoms with Crippen molar-refractivity contribution in [3.8, 4) is 0 Å². The SMILES string of the molecule is O=C1C(O)C(O)O[C@]1(Cl)CO. The lowest BCUT2D eigenvalue weighted by molar-refractivity contribution is -0.145. The van der Waals surface area contributed by atoms with Crippen molar-refractivity contribution >= 4 is 17.4 Å². The first-order valence-electron chi connectivity index (χ1n) is 2.89. The third kappa shape index (κ3) is 1.25. The highest BCUT2D eigenvalue weighted by molar-refractivity contribution is 6.35. The lowest BCUT2D eigenvalue weighted by Crippen LogP contribution is -2.36. The Labute approximate surface area is 67.2 Å². The molecule has 0 aromatic heterocycles. The second kappa shape index (κ2) is 2.69. The number of halogens is 1. The van der Waals surface area contributed by atoms with Crippen LogP contribution in [0.3, 0.4) is 0 Å². The maximum atomic E-state index is 10.8. The minimum atomic E-state index is -1.97. The number of aliphatic hydroxyl groups excluding tert-OH is 3. The van der Waals surface area contributed by atoms with Crippen LogP contribution in [0.1, 0.15) is 0 Å². The molecular formula is C5H7ClO5. The second-order valence-electron chi connectivity index (χ2n) is 2.20. The highest BCUT2D eigenvalue weighted by atomic mass is 35.5. The predicted octanol–water partition coefficient (Wildman–Crippen LogP) is -1.81. The molecule has 0 bridgehead atoms. The van der Waals surface area contributed by atoms with Crippen molar-refractivity contribution in [1.82, 2.24) is 0 Å². The van der Waals surface area contributed by atoms with E-state index in [1.807, 2.05) is 0 Å². The molecule has 0 radical (unpaired) electrons. The van der Waals surface area contributed by atoms with Crippen LogP contribution >= 0.6 is 11.6 Å². The van der Waals surface area contributed by atoms with Crippen LogP contribution in [-0.2, 0) is 9.53 Å². The van der Waals surface area contributed by atoms with E-state index in [1.54, 1.807) is 0 Å². The van der Waals surface area contributed by atoms with E-state index >= 15 is 0 Å². The van der Waals surface area contributed by atoms with Gasteiger partial charge in [-0.3, -0.25) is 4.79 Å². The fourth-order valence-electron chi connectivity index (χ4n) is 0.779. The summed E-state index contributed by atoms with van der Waals surface area (Å²) in [5, 5.41) is 24.1. The number of ketones is 1. The summed E-state index contributed by atoms with van der Waals surface area (Å²) in [7, 11) is 0. The zero-order chi connectivity index (χ0) is 8.65. The molecule has 1 rings (SSSR count). The molecule has 1 aliphatic rings. The van der Waals surface area contributed by atoms with Crippen LogP contribution in [0.5, 0.6) is 0 Å². The summed E-state index contributed by atoms with van der Waals surface area (Å²) in [6, 6.07) is 0. The average molecular weight is 183 g/mol. The maximum absolute atomic E-state index is 10.8. The Hall–Kier alpha value is -0.200. The molecule has 3 N–H and O–H groups in total. The van der Waals surface area contributed by atoms with E-state index in [-0.39, 0.29) is 0 Å². The van der Waals surface area contributed by atoms with E-state index in [0.717, 1.165) is 0 Å². The Balaban J connectivity index is 2.82. The van der Waals surface area contributed by atoms with Crippen LogP contribution in [0, 0.1) is 0 Å². The van der Waals surface area contributed by atoms with E-state index in [2.05, 4.69) is 4.74 Å². The normalized spacial score (nSPS) is 44.9. The molecule has 0 amide bonds. The van der Waals surface area contributed by atoms with Crippen LogP contribution in [0.4, 0.5) is 0 Å². The Kier molecular flexibility index (Phi) is 2.17. The number of Topliss-reactive ketones (excluding diaryl/α,β-unsaturated/α-hetero) is 1. The average Bonchev–Trinajstić information content (AvgIpc) is 2.17. The molecule has 1 heterocycles. The molecule has 64 valence electrons. The highest BCUT2D eigenvalue weighted by Crippen LogP contribution is 2.29. The quantitative estimate of drug-likeness (QED) is 0.416. The summed E-state index contributed by atoms with van der Waals surface area (Å²) in [4.78, 5) is 10.8.